The first-order chi connectivity index (χ1) is 13.1. The predicted molar refractivity (Wildman–Crippen MR) is 101 cm³/mol. The van der Waals surface area contributed by atoms with E-state index in [1.54, 1.807) is 6.07 Å². The Morgan fingerprint density at radius 2 is 1.63 bits per heavy atom. The maximum Gasteiger partial charge on any atom is 0.155 e. The quantitative estimate of drug-likeness (QED) is 0.233. The smallest absolute Gasteiger partial charge is 0.155 e. The first-order valence-electron chi connectivity index (χ1n) is 8.23. The number of nitrogens with one attached hydrogen (secondary N) is 1. The molecule has 4 rings (SSSR count). The van der Waals surface area contributed by atoms with E-state index in [2.05, 4.69) is 10.3 Å². The van der Waals surface area contributed by atoms with Gasteiger partial charge in [0.05, 0.1) is 0 Å². The van der Waals surface area contributed by atoms with Gasteiger partial charge in [-0.15, -0.1) is 5.10 Å². The summed E-state index contributed by atoms with van der Waals surface area (Å²) in [4.78, 5) is 0. The van der Waals surface area contributed by atoms with Gasteiger partial charge in [0.15, 0.2) is 5.84 Å². The van der Waals surface area contributed by atoms with E-state index >= 15 is 0 Å². The van der Waals surface area contributed by atoms with Crippen LogP contribution in [0.25, 0.3) is 21.8 Å². The molecule has 0 radical (unpaired) electrons. The molecule has 0 saturated heterocycles. The third-order valence-corrected chi connectivity index (χ3v) is 4.49. The molecular weight excluding hydrogens is 348 g/mol. The summed E-state index contributed by atoms with van der Waals surface area (Å²) in [7, 11) is 0. The van der Waals surface area contributed by atoms with Crippen LogP contribution in [-0.2, 0) is 6.54 Å². The highest BCUT2D eigenvalue weighted by Crippen LogP contribution is 2.30. The topological polar surface area (TPSA) is 79.5 Å². The van der Waals surface area contributed by atoms with Crippen molar-refractivity contribution < 1.29 is 8.78 Å². The second-order valence-corrected chi connectivity index (χ2v) is 6.20. The summed E-state index contributed by atoms with van der Waals surface area (Å²) in [6.07, 6.45) is 0. The van der Waals surface area contributed by atoms with Gasteiger partial charge in [0, 0.05) is 40.0 Å². The molecule has 0 fully saturated rings. The lowest BCUT2D eigenvalue weighted by Gasteiger charge is -2.09. The van der Waals surface area contributed by atoms with Crippen molar-refractivity contribution in [1.29, 1.82) is 5.53 Å². The number of hydrogen-bond donors (Lipinski definition) is 2. The van der Waals surface area contributed by atoms with Crippen molar-refractivity contribution >= 4 is 27.6 Å². The van der Waals surface area contributed by atoms with E-state index in [1.807, 2.05) is 41.0 Å². The molecule has 0 unspecified atom stereocenters. The summed E-state index contributed by atoms with van der Waals surface area (Å²) in [6.45, 7) is 0.323. The largest absolute Gasteiger partial charge is 0.382 e. The van der Waals surface area contributed by atoms with Crippen LogP contribution in [0.4, 0.5) is 8.78 Å². The molecule has 0 spiro atoms. The van der Waals surface area contributed by atoms with Crippen LogP contribution in [-0.4, -0.2) is 10.4 Å². The molecule has 3 N–H and O–H groups in total. The zero-order chi connectivity index (χ0) is 19.0. The SMILES string of the molecule is N=NN=C(N)c1ccc2c(c1)c1ccccc1n2Cc1cc(F)cc(F)c1. The van der Waals surface area contributed by atoms with Crippen LogP contribution in [0.3, 0.4) is 0 Å². The number of benzene rings is 3. The molecule has 0 aliphatic carbocycles. The Morgan fingerprint density at radius 1 is 0.926 bits per heavy atom. The summed E-state index contributed by atoms with van der Waals surface area (Å²) in [5.74, 6) is -1.05. The molecule has 1 heterocycles. The maximum absolute atomic E-state index is 13.6. The van der Waals surface area contributed by atoms with Crippen LogP contribution in [0, 0.1) is 17.2 Å². The maximum atomic E-state index is 13.6. The van der Waals surface area contributed by atoms with Crippen LogP contribution in [0.2, 0.25) is 0 Å². The van der Waals surface area contributed by atoms with Gasteiger partial charge in [0.1, 0.15) is 11.6 Å². The molecule has 3 aromatic carbocycles. The zero-order valence-electron chi connectivity index (χ0n) is 14.2. The second kappa shape index (κ2) is 6.60. The normalized spacial score (nSPS) is 12.0. The van der Waals surface area contributed by atoms with Gasteiger partial charge in [0.2, 0.25) is 0 Å². The van der Waals surface area contributed by atoms with Crippen LogP contribution < -0.4 is 5.73 Å². The van der Waals surface area contributed by atoms with Gasteiger partial charge in [-0.25, -0.2) is 8.78 Å². The van der Waals surface area contributed by atoms with Crippen molar-refractivity contribution in [3.63, 3.8) is 0 Å². The minimum atomic E-state index is -0.601. The zero-order valence-corrected chi connectivity index (χ0v) is 14.2. The van der Waals surface area contributed by atoms with E-state index in [-0.39, 0.29) is 5.84 Å². The average Bonchev–Trinajstić information content (AvgIpc) is 2.95. The van der Waals surface area contributed by atoms with Gasteiger partial charge in [-0.2, -0.15) is 5.53 Å². The van der Waals surface area contributed by atoms with Crippen molar-refractivity contribution in [2.24, 2.45) is 16.1 Å². The highest BCUT2D eigenvalue weighted by atomic mass is 19.1. The standard InChI is InChI=1S/C20H15F2N5/c21-14-7-12(8-15(22)10-14)11-27-18-4-2-1-3-16(18)17-9-13(5-6-19(17)27)20(23)25-26-24/h1-10H,11H2,(H3,23,24,25). The molecule has 0 atom stereocenters. The van der Waals surface area contributed by atoms with Gasteiger partial charge >= 0.3 is 0 Å². The van der Waals surface area contributed by atoms with E-state index in [4.69, 9.17) is 11.3 Å². The molecule has 27 heavy (non-hydrogen) atoms. The number of fused-ring (bicyclic) bond motifs is 3. The molecule has 5 nitrogen and oxygen atoms in total. The second-order valence-electron chi connectivity index (χ2n) is 6.20. The molecule has 7 heteroatoms. The molecule has 0 aliphatic heterocycles. The van der Waals surface area contributed by atoms with Crippen LogP contribution in [0.1, 0.15) is 11.1 Å². The molecule has 0 aliphatic rings. The molecule has 0 amide bonds. The number of para-hydroxylation sites is 1. The number of nitrogens with two attached hydrogens (primary N) is 1. The van der Waals surface area contributed by atoms with Crippen molar-refractivity contribution in [1.82, 2.24) is 4.57 Å². The lowest BCUT2D eigenvalue weighted by molar-refractivity contribution is 0.578. The molecule has 0 bridgehead atoms. The monoisotopic (exact) mass is 363 g/mol. The Hall–Kier alpha value is -3.61. The number of aromatic nitrogens is 1. The van der Waals surface area contributed by atoms with Crippen molar-refractivity contribution in [3.05, 3.63) is 83.4 Å². The highest BCUT2D eigenvalue weighted by molar-refractivity contribution is 6.11. The first-order valence-corrected chi connectivity index (χ1v) is 8.23. The minimum Gasteiger partial charge on any atom is -0.382 e. The van der Waals surface area contributed by atoms with E-state index < -0.39 is 11.6 Å². The number of rotatable bonds is 4. The summed E-state index contributed by atoms with van der Waals surface area (Å²) >= 11 is 0. The lowest BCUT2D eigenvalue weighted by atomic mass is 10.1. The average molecular weight is 363 g/mol. The number of hydrogen-bond acceptors (Lipinski definition) is 2. The molecule has 4 aromatic rings. The van der Waals surface area contributed by atoms with Gasteiger partial charge in [-0.05, 0) is 42.0 Å². The Bertz CT molecular complexity index is 1190. The molecule has 0 saturated carbocycles. The highest BCUT2D eigenvalue weighted by Gasteiger charge is 2.13. The lowest BCUT2D eigenvalue weighted by Crippen LogP contribution is -2.12. The van der Waals surface area contributed by atoms with E-state index in [1.165, 1.54) is 12.1 Å². The summed E-state index contributed by atoms with van der Waals surface area (Å²) < 4.78 is 29.2. The van der Waals surface area contributed by atoms with Crippen LogP contribution >= 0.6 is 0 Å². The Balaban J connectivity index is 1.93. The molecule has 134 valence electrons. The number of amidine groups is 1. The van der Waals surface area contributed by atoms with Gasteiger partial charge < -0.3 is 10.3 Å². The van der Waals surface area contributed by atoms with E-state index in [0.29, 0.717) is 17.7 Å². The Morgan fingerprint density at radius 3 is 2.37 bits per heavy atom. The molecule has 1 aromatic heterocycles. The fourth-order valence-corrected chi connectivity index (χ4v) is 3.38. The summed E-state index contributed by atoms with van der Waals surface area (Å²) in [5, 5.41) is 8.46. The van der Waals surface area contributed by atoms with E-state index in [0.717, 1.165) is 27.9 Å². The summed E-state index contributed by atoms with van der Waals surface area (Å²) in [6, 6.07) is 16.9. The van der Waals surface area contributed by atoms with Crippen molar-refractivity contribution in [2.45, 2.75) is 6.54 Å². The summed E-state index contributed by atoms with van der Waals surface area (Å²) in [5.41, 5.74) is 15.7. The third kappa shape index (κ3) is 3.03. The fourth-order valence-electron chi connectivity index (χ4n) is 3.38. The van der Waals surface area contributed by atoms with Gasteiger partial charge in [0.25, 0.3) is 0 Å². The number of halogens is 2. The first kappa shape index (κ1) is 16.8. The van der Waals surface area contributed by atoms with Gasteiger partial charge in [-0.3, -0.25) is 0 Å². The minimum absolute atomic E-state index is 0.149. The Labute approximate surface area is 153 Å². The Kier molecular flexibility index (Phi) is 4.12. The van der Waals surface area contributed by atoms with Gasteiger partial charge in [-0.1, -0.05) is 23.4 Å². The predicted octanol–water partition coefficient (Wildman–Crippen LogP) is 4.77. The van der Waals surface area contributed by atoms with Crippen LogP contribution in [0.5, 0.6) is 0 Å². The third-order valence-electron chi connectivity index (χ3n) is 4.49. The van der Waals surface area contributed by atoms with Crippen LogP contribution in [0.15, 0.2) is 71.0 Å². The van der Waals surface area contributed by atoms with Crippen molar-refractivity contribution in [3.8, 4) is 0 Å². The van der Waals surface area contributed by atoms with E-state index in [9.17, 15) is 8.78 Å². The fraction of sp³-hybridized carbons (Fsp3) is 0.0500. The number of nitrogens with zero attached hydrogens (tertiary/aromatic N) is 3. The van der Waals surface area contributed by atoms with Crippen molar-refractivity contribution in [2.75, 3.05) is 0 Å². The molecular formula is C20H15F2N5.